The van der Waals surface area contributed by atoms with Crippen molar-refractivity contribution in [3.05, 3.63) is 42.7 Å². The molecule has 1 N–H and O–H groups in total. The Morgan fingerprint density at radius 3 is 2.53 bits per heavy atom. The van der Waals surface area contributed by atoms with Gasteiger partial charge < -0.3 is 9.84 Å². The molecule has 0 aliphatic carbocycles. The van der Waals surface area contributed by atoms with E-state index in [9.17, 15) is 5.11 Å². The second-order valence-corrected chi connectivity index (χ2v) is 3.97. The van der Waals surface area contributed by atoms with Crippen molar-refractivity contribution in [2.75, 3.05) is 7.11 Å². The number of methoxy groups -OCH3 is 1. The van der Waals surface area contributed by atoms with Gasteiger partial charge in [-0.2, -0.15) is 0 Å². The molecule has 0 aliphatic heterocycles. The molecule has 3 rings (SSSR count). The Morgan fingerprint density at radius 2 is 1.79 bits per heavy atom. The van der Waals surface area contributed by atoms with Gasteiger partial charge in [0.05, 0.1) is 13.3 Å². The van der Waals surface area contributed by atoms with Crippen molar-refractivity contribution in [1.82, 2.24) is 15.0 Å². The van der Waals surface area contributed by atoms with E-state index in [1.807, 2.05) is 30.3 Å². The highest BCUT2D eigenvalue weighted by atomic mass is 16.5. The Kier molecular flexibility index (Phi) is 2.72. The summed E-state index contributed by atoms with van der Waals surface area (Å²) < 4.78 is 5.15. The molecule has 1 aromatic carbocycles. The molecule has 0 fully saturated rings. The van der Waals surface area contributed by atoms with Gasteiger partial charge in [0.25, 0.3) is 0 Å². The van der Waals surface area contributed by atoms with Crippen LogP contribution in [0, 0.1) is 0 Å². The predicted molar refractivity (Wildman–Crippen MR) is 71.0 cm³/mol. The van der Waals surface area contributed by atoms with E-state index >= 15 is 0 Å². The number of pyridine rings is 1. The Morgan fingerprint density at radius 1 is 1.00 bits per heavy atom. The van der Waals surface area contributed by atoms with Crippen molar-refractivity contribution in [2.24, 2.45) is 0 Å². The summed E-state index contributed by atoms with van der Waals surface area (Å²) in [5, 5.41) is 9.45. The minimum Gasteiger partial charge on any atom is -0.492 e. The minimum absolute atomic E-state index is 0.155. The molecule has 94 valence electrons. The number of fused-ring (bicyclic) bond motifs is 1. The molecule has 5 heteroatoms. The van der Waals surface area contributed by atoms with Crippen LogP contribution in [0.15, 0.2) is 42.7 Å². The summed E-state index contributed by atoms with van der Waals surface area (Å²) in [6.45, 7) is 0. The summed E-state index contributed by atoms with van der Waals surface area (Å²) in [5.41, 5.74) is 2.94. The van der Waals surface area contributed by atoms with Gasteiger partial charge in [0.2, 0.25) is 11.8 Å². The summed E-state index contributed by atoms with van der Waals surface area (Å²) in [6.07, 6.45) is 3.01. The van der Waals surface area contributed by atoms with Crippen LogP contribution < -0.4 is 4.74 Å². The number of rotatable bonds is 2. The van der Waals surface area contributed by atoms with E-state index in [-0.39, 0.29) is 5.88 Å². The van der Waals surface area contributed by atoms with Gasteiger partial charge in [-0.1, -0.05) is 30.3 Å². The van der Waals surface area contributed by atoms with Crippen LogP contribution in [0.25, 0.3) is 22.2 Å². The Balaban J connectivity index is 2.33. The maximum absolute atomic E-state index is 9.45. The third-order valence-corrected chi connectivity index (χ3v) is 2.81. The number of benzene rings is 1. The first kappa shape index (κ1) is 11.4. The summed E-state index contributed by atoms with van der Waals surface area (Å²) in [6, 6.07) is 9.77. The standard InChI is InChI=1S/C14H11N3O2/c1-19-14-13-12(15-8-11(18)17-13)10(7-16-14)9-5-3-2-4-6-9/h2-8H,1H3,(H,17,18). The number of aromatic hydroxyl groups is 1. The van der Waals surface area contributed by atoms with E-state index in [1.54, 1.807) is 6.20 Å². The van der Waals surface area contributed by atoms with Crippen LogP contribution >= 0.6 is 0 Å². The average molecular weight is 253 g/mol. The second-order valence-electron chi connectivity index (χ2n) is 3.97. The van der Waals surface area contributed by atoms with Gasteiger partial charge >= 0.3 is 0 Å². The molecule has 0 saturated heterocycles. The summed E-state index contributed by atoms with van der Waals surface area (Å²) in [5.74, 6) is 0.191. The molecule has 0 saturated carbocycles. The molecule has 0 radical (unpaired) electrons. The van der Waals surface area contributed by atoms with E-state index in [2.05, 4.69) is 15.0 Å². The molecule has 2 aromatic heterocycles. The molecule has 0 aliphatic rings. The van der Waals surface area contributed by atoms with Crippen molar-refractivity contribution in [1.29, 1.82) is 0 Å². The van der Waals surface area contributed by atoms with Crippen LogP contribution in [-0.4, -0.2) is 27.2 Å². The monoisotopic (exact) mass is 253 g/mol. The average Bonchev–Trinajstić information content (AvgIpc) is 2.47. The summed E-state index contributed by atoms with van der Waals surface area (Å²) in [4.78, 5) is 12.5. The first-order valence-corrected chi connectivity index (χ1v) is 5.73. The largest absolute Gasteiger partial charge is 0.492 e. The molecule has 0 atom stereocenters. The lowest BCUT2D eigenvalue weighted by molar-refractivity contribution is 0.400. The summed E-state index contributed by atoms with van der Waals surface area (Å²) >= 11 is 0. The highest BCUT2D eigenvalue weighted by molar-refractivity contribution is 5.93. The second kappa shape index (κ2) is 4.53. The van der Waals surface area contributed by atoms with Crippen molar-refractivity contribution < 1.29 is 9.84 Å². The minimum atomic E-state index is -0.155. The number of ether oxygens (including phenoxy) is 1. The molecular weight excluding hydrogens is 242 g/mol. The third kappa shape index (κ3) is 1.95. The quantitative estimate of drug-likeness (QED) is 0.759. The van der Waals surface area contributed by atoms with Crippen molar-refractivity contribution in [3.8, 4) is 22.9 Å². The van der Waals surface area contributed by atoms with Crippen LogP contribution in [0.4, 0.5) is 0 Å². The lowest BCUT2D eigenvalue weighted by Gasteiger charge is -2.08. The Hall–Kier alpha value is -2.69. The Labute approximate surface area is 109 Å². The zero-order valence-corrected chi connectivity index (χ0v) is 10.2. The molecule has 0 amide bonds. The van der Waals surface area contributed by atoms with Gasteiger partial charge in [0, 0.05) is 11.8 Å². The lowest BCUT2D eigenvalue weighted by Crippen LogP contribution is -1.95. The molecule has 0 bridgehead atoms. The SMILES string of the molecule is COc1ncc(-c2ccccc2)c2ncc(O)nc12. The Bertz CT molecular complexity index is 729. The van der Waals surface area contributed by atoms with Crippen LogP contribution in [-0.2, 0) is 0 Å². The lowest BCUT2D eigenvalue weighted by atomic mass is 10.1. The highest BCUT2D eigenvalue weighted by Gasteiger charge is 2.12. The van der Waals surface area contributed by atoms with E-state index in [0.717, 1.165) is 11.1 Å². The maximum Gasteiger partial charge on any atom is 0.242 e. The molecular formula is C14H11N3O2. The van der Waals surface area contributed by atoms with Crippen molar-refractivity contribution in [3.63, 3.8) is 0 Å². The first-order chi connectivity index (χ1) is 9.29. The van der Waals surface area contributed by atoms with E-state index in [4.69, 9.17) is 4.74 Å². The van der Waals surface area contributed by atoms with E-state index in [0.29, 0.717) is 16.9 Å². The molecule has 5 nitrogen and oxygen atoms in total. The molecule has 2 heterocycles. The van der Waals surface area contributed by atoms with Crippen molar-refractivity contribution in [2.45, 2.75) is 0 Å². The first-order valence-electron chi connectivity index (χ1n) is 5.73. The van der Waals surface area contributed by atoms with Gasteiger partial charge in [-0.3, -0.25) is 0 Å². The molecule has 3 aromatic rings. The molecule has 0 spiro atoms. The van der Waals surface area contributed by atoms with E-state index < -0.39 is 0 Å². The normalized spacial score (nSPS) is 10.6. The van der Waals surface area contributed by atoms with Crippen molar-refractivity contribution >= 4 is 11.0 Å². The fourth-order valence-corrected chi connectivity index (χ4v) is 1.95. The third-order valence-electron chi connectivity index (χ3n) is 2.81. The number of hydrogen-bond donors (Lipinski definition) is 1. The van der Waals surface area contributed by atoms with Crippen LogP contribution in [0.3, 0.4) is 0 Å². The smallest absolute Gasteiger partial charge is 0.242 e. The zero-order valence-electron chi connectivity index (χ0n) is 10.2. The van der Waals surface area contributed by atoms with Gasteiger partial charge in [0.15, 0.2) is 5.52 Å². The number of aromatic nitrogens is 3. The van der Waals surface area contributed by atoms with Gasteiger partial charge in [-0.25, -0.2) is 15.0 Å². The summed E-state index contributed by atoms with van der Waals surface area (Å²) in [7, 11) is 1.51. The van der Waals surface area contributed by atoms with Gasteiger partial charge in [-0.15, -0.1) is 0 Å². The fraction of sp³-hybridized carbons (Fsp3) is 0.0714. The van der Waals surface area contributed by atoms with Crippen LogP contribution in [0.1, 0.15) is 0 Å². The van der Waals surface area contributed by atoms with Gasteiger partial charge in [-0.05, 0) is 5.56 Å². The van der Waals surface area contributed by atoms with Gasteiger partial charge in [0.1, 0.15) is 5.52 Å². The molecule has 19 heavy (non-hydrogen) atoms. The topological polar surface area (TPSA) is 68.1 Å². The number of nitrogens with zero attached hydrogens (tertiary/aromatic N) is 3. The fourth-order valence-electron chi connectivity index (χ4n) is 1.95. The van der Waals surface area contributed by atoms with E-state index in [1.165, 1.54) is 13.3 Å². The maximum atomic E-state index is 9.45. The highest BCUT2D eigenvalue weighted by Crippen LogP contribution is 2.30. The zero-order chi connectivity index (χ0) is 13.2. The molecule has 0 unspecified atom stereocenters. The predicted octanol–water partition coefficient (Wildman–Crippen LogP) is 2.41. The van der Waals surface area contributed by atoms with Crippen LogP contribution in [0.5, 0.6) is 11.8 Å². The number of hydrogen-bond acceptors (Lipinski definition) is 5. The van der Waals surface area contributed by atoms with Crippen LogP contribution in [0.2, 0.25) is 0 Å².